The van der Waals surface area contributed by atoms with Gasteiger partial charge in [0.1, 0.15) is 23.6 Å². The van der Waals surface area contributed by atoms with E-state index in [-0.39, 0.29) is 38.7 Å². The van der Waals surface area contributed by atoms with Crippen LogP contribution in [0.25, 0.3) is 0 Å². The lowest BCUT2D eigenvalue weighted by atomic mass is 9.74. The van der Waals surface area contributed by atoms with Crippen LogP contribution in [0.15, 0.2) is 0 Å². The van der Waals surface area contributed by atoms with Crippen LogP contribution in [0.4, 0.5) is 0 Å². The molecule has 0 aromatic carbocycles. The fourth-order valence-corrected chi connectivity index (χ4v) is 9.17. The first kappa shape index (κ1) is 52.0. The Balaban J connectivity index is 2.22. The van der Waals surface area contributed by atoms with Crippen molar-refractivity contribution in [1.29, 1.82) is 0 Å². The van der Waals surface area contributed by atoms with Gasteiger partial charge in [-0.15, -0.1) is 0 Å². The summed E-state index contributed by atoms with van der Waals surface area (Å²) in [6, 6.07) is -0.443. The Bertz CT molecular complexity index is 1440. The zero-order valence-electron chi connectivity index (χ0n) is 38.2. The minimum absolute atomic E-state index is 0.0431. The molecule has 0 bridgehead atoms. The summed E-state index contributed by atoms with van der Waals surface area (Å²) in [6.07, 6.45) is -11.1. The van der Waals surface area contributed by atoms with Crippen LogP contribution >= 0.6 is 0 Å². The Morgan fingerprint density at radius 1 is 0.850 bits per heavy atom. The first-order valence-corrected chi connectivity index (χ1v) is 21.5. The van der Waals surface area contributed by atoms with Gasteiger partial charge in [0, 0.05) is 31.3 Å². The molecule has 0 aliphatic carbocycles. The zero-order valence-corrected chi connectivity index (χ0v) is 38.2. The number of hydrogen-bond donors (Lipinski definition) is 4. The van der Waals surface area contributed by atoms with E-state index in [4.69, 9.17) is 37.9 Å². The first-order valence-electron chi connectivity index (χ1n) is 21.5. The number of rotatable bonds is 12. The van der Waals surface area contributed by atoms with Crippen LogP contribution in [0.2, 0.25) is 0 Å². The summed E-state index contributed by atoms with van der Waals surface area (Å²) in [7, 11) is 5.09. The fourth-order valence-electron chi connectivity index (χ4n) is 9.17. The predicted molar refractivity (Wildman–Crippen MR) is 216 cm³/mol. The monoisotopic (exact) mass is 862 g/mol. The predicted octanol–water partition coefficient (Wildman–Crippen LogP) is 2.68. The van der Waals surface area contributed by atoms with E-state index in [9.17, 15) is 39.6 Å². The van der Waals surface area contributed by atoms with Crippen LogP contribution in [0, 0.1) is 23.7 Å². The van der Waals surface area contributed by atoms with Crippen molar-refractivity contribution in [3.05, 3.63) is 0 Å². The molecule has 17 nitrogen and oxygen atoms in total. The van der Waals surface area contributed by atoms with Crippen LogP contribution in [-0.4, -0.2) is 161 Å². The van der Waals surface area contributed by atoms with Crippen LogP contribution in [0.1, 0.15) is 115 Å². The Morgan fingerprint density at radius 2 is 1.47 bits per heavy atom. The Morgan fingerprint density at radius 3 is 2.03 bits per heavy atom. The summed E-state index contributed by atoms with van der Waals surface area (Å²) in [5, 5.41) is 46.8. The molecule has 3 aliphatic heterocycles. The topological polar surface area (TPSA) is 226 Å². The number of ketones is 1. The highest BCUT2D eigenvalue weighted by Gasteiger charge is 2.54. The van der Waals surface area contributed by atoms with E-state index in [1.807, 2.05) is 25.9 Å². The summed E-state index contributed by atoms with van der Waals surface area (Å²) in [6.45, 7) is 17.9. The normalized spacial score (nSPS) is 43.8. The molecule has 0 radical (unpaired) electrons. The van der Waals surface area contributed by atoms with E-state index < -0.39 is 132 Å². The molecule has 3 rings (SSSR count). The van der Waals surface area contributed by atoms with E-state index >= 15 is 0 Å². The van der Waals surface area contributed by atoms with Crippen molar-refractivity contribution in [2.45, 2.75) is 199 Å². The molecule has 17 heteroatoms. The summed E-state index contributed by atoms with van der Waals surface area (Å²) in [5.74, 6) is -6.64. The van der Waals surface area contributed by atoms with Gasteiger partial charge in [0.05, 0.1) is 73.1 Å². The molecule has 3 fully saturated rings. The number of hydrogen-bond acceptors (Lipinski definition) is 17. The molecule has 4 N–H and O–H groups in total. The van der Waals surface area contributed by atoms with Crippen molar-refractivity contribution in [2.75, 3.05) is 27.8 Å². The van der Waals surface area contributed by atoms with Gasteiger partial charge in [-0.1, -0.05) is 27.7 Å². The SMILES string of the molecule is CCOC(=O)CCC(=O)OC1C(OC2C(C)C(OC3C[C@@](C)(OC)C(O)C(C)O3)C(C)C(=O)OC(CC)[C@@](C)(O)C(O)C(C)C(=O)C(C)C[C@@]2(C)O)OC(C)CC1N(C)C. The van der Waals surface area contributed by atoms with Crippen LogP contribution < -0.4 is 0 Å². The Kier molecular flexibility index (Phi) is 18.5. The van der Waals surface area contributed by atoms with Gasteiger partial charge < -0.3 is 63.2 Å². The molecule has 0 aromatic heterocycles. The van der Waals surface area contributed by atoms with Gasteiger partial charge in [-0.25, -0.2) is 0 Å². The van der Waals surface area contributed by atoms with Crippen molar-refractivity contribution >= 4 is 23.7 Å². The van der Waals surface area contributed by atoms with Crippen LogP contribution in [0.5, 0.6) is 0 Å². The van der Waals surface area contributed by atoms with Crippen LogP contribution in [-0.2, 0) is 57.1 Å². The second-order valence-corrected chi connectivity index (χ2v) is 18.2. The summed E-state index contributed by atoms with van der Waals surface area (Å²) < 4.78 is 48.8. The van der Waals surface area contributed by atoms with Gasteiger partial charge >= 0.3 is 17.9 Å². The third kappa shape index (κ3) is 12.2. The number of aliphatic hydroxyl groups excluding tert-OH is 2. The van der Waals surface area contributed by atoms with Crippen molar-refractivity contribution in [1.82, 2.24) is 4.90 Å². The number of carbonyl (C=O) groups is 4. The van der Waals surface area contributed by atoms with Crippen LogP contribution in [0.3, 0.4) is 0 Å². The third-order valence-corrected chi connectivity index (χ3v) is 12.9. The minimum Gasteiger partial charge on any atom is -0.466 e. The minimum atomic E-state index is -2.04. The summed E-state index contributed by atoms with van der Waals surface area (Å²) >= 11 is 0. The second kappa shape index (κ2) is 21.4. The number of ether oxygens (including phenoxy) is 8. The molecule has 3 heterocycles. The molecule has 0 aromatic rings. The van der Waals surface area contributed by atoms with E-state index in [1.54, 1.807) is 48.5 Å². The molecule has 3 aliphatic rings. The van der Waals surface area contributed by atoms with Crippen molar-refractivity contribution < 1.29 is 77.5 Å². The highest BCUT2D eigenvalue weighted by molar-refractivity contribution is 5.83. The maximum atomic E-state index is 14.3. The molecule has 3 saturated heterocycles. The molecule has 348 valence electrons. The van der Waals surface area contributed by atoms with Gasteiger partial charge in [0.2, 0.25) is 0 Å². The van der Waals surface area contributed by atoms with E-state index in [2.05, 4.69) is 0 Å². The standard InChI is InChI=1S/C43H75NO16/c1-15-29-43(11,52)36(48)24(5)33(47)22(3)20-41(9,51)38(25(6)34(26(7)39(50)57-29)59-32-21-42(10,53-14)37(49)27(8)56-32)60-40-35(28(44(12)13)19-23(4)55-40)58-31(46)18-17-30(45)54-16-2/h22-29,32,34-38,40,48-49,51-52H,15-21H2,1-14H3/t22?,23?,24?,25?,26?,27?,28?,29?,32?,34?,35?,36?,37?,38?,40?,41-,42-,43-/m1/s1. The molecule has 0 spiro atoms. The average Bonchev–Trinajstić information content (AvgIpc) is 3.17. The molecular formula is C43H75NO16. The number of carbonyl (C=O) groups excluding carboxylic acids is 4. The highest BCUT2D eigenvalue weighted by atomic mass is 16.7. The first-order chi connectivity index (χ1) is 27.8. The fraction of sp³-hybridized carbons (Fsp3) is 0.907. The number of nitrogens with zero attached hydrogens (tertiary/aromatic N) is 1. The Hall–Kier alpha value is -2.32. The number of Topliss-reactive ketones (excluding diaryl/α,β-unsaturated/α-hetero) is 1. The van der Waals surface area contributed by atoms with Gasteiger partial charge in [-0.05, 0) is 81.8 Å². The third-order valence-electron chi connectivity index (χ3n) is 12.9. The van der Waals surface area contributed by atoms with Gasteiger partial charge in [-0.3, -0.25) is 19.2 Å². The van der Waals surface area contributed by atoms with Crippen molar-refractivity contribution in [2.24, 2.45) is 23.7 Å². The molecule has 15 unspecified atom stereocenters. The zero-order chi connectivity index (χ0) is 45.7. The van der Waals surface area contributed by atoms with Gasteiger partial charge in [-0.2, -0.15) is 0 Å². The van der Waals surface area contributed by atoms with Gasteiger partial charge in [0.15, 0.2) is 18.7 Å². The molecule has 0 amide bonds. The van der Waals surface area contributed by atoms with E-state index in [1.165, 1.54) is 27.9 Å². The van der Waals surface area contributed by atoms with E-state index in [0.29, 0.717) is 6.42 Å². The summed E-state index contributed by atoms with van der Waals surface area (Å²) in [5.41, 5.74) is -5.06. The lowest BCUT2D eigenvalue weighted by Crippen LogP contribution is -2.61. The molecular weight excluding hydrogens is 786 g/mol. The smallest absolute Gasteiger partial charge is 0.311 e. The average molecular weight is 862 g/mol. The molecule has 18 atom stereocenters. The number of aliphatic hydroxyl groups is 4. The lowest BCUT2D eigenvalue weighted by Gasteiger charge is -2.49. The number of likely N-dealkylation sites (N-methyl/N-ethyl adjacent to an activating group) is 1. The van der Waals surface area contributed by atoms with Crippen molar-refractivity contribution in [3.8, 4) is 0 Å². The summed E-state index contributed by atoms with van der Waals surface area (Å²) in [4.78, 5) is 55.6. The number of methoxy groups -OCH3 is 1. The van der Waals surface area contributed by atoms with E-state index in [0.717, 1.165) is 0 Å². The highest BCUT2D eigenvalue weighted by Crippen LogP contribution is 2.41. The maximum Gasteiger partial charge on any atom is 0.311 e. The number of cyclic esters (lactones) is 1. The largest absolute Gasteiger partial charge is 0.466 e. The molecule has 60 heavy (non-hydrogen) atoms. The lowest BCUT2D eigenvalue weighted by molar-refractivity contribution is -0.319. The Labute approximate surface area is 356 Å². The number of esters is 3. The second-order valence-electron chi connectivity index (χ2n) is 18.2. The quantitative estimate of drug-likeness (QED) is 0.163. The van der Waals surface area contributed by atoms with Gasteiger partial charge in [0.25, 0.3) is 0 Å². The van der Waals surface area contributed by atoms with Crippen molar-refractivity contribution in [3.63, 3.8) is 0 Å². The maximum absolute atomic E-state index is 14.3. The molecule has 0 saturated carbocycles.